The maximum Gasteiger partial charge on any atom is 0.225 e. The Kier molecular flexibility index (Phi) is 5.78. The number of nitrogens with one attached hydrogen (secondary N) is 2. The molecule has 1 amide bonds. The zero-order valence-corrected chi connectivity index (χ0v) is 15.4. The van der Waals surface area contributed by atoms with E-state index in [0.29, 0.717) is 24.6 Å². The molecule has 1 unspecified atom stereocenters. The Morgan fingerprint density at radius 3 is 2.85 bits per heavy atom. The van der Waals surface area contributed by atoms with Crippen LogP contribution in [0.3, 0.4) is 0 Å². The summed E-state index contributed by atoms with van der Waals surface area (Å²) in [5.41, 5.74) is 1.09. The minimum Gasteiger partial charge on any atom is -0.493 e. The van der Waals surface area contributed by atoms with Gasteiger partial charge in [0, 0.05) is 32.3 Å². The standard InChI is InChI=1S/C19H26N4O3/c1-13(26-18-7-5-4-6-17(18)25-3)8-21-19(24)16-11-20-10-15(16)14-9-22-23(2)12-14/h4-7,9,12-13,15-16,20H,8,10-11H2,1-3H3,(H,21,24)/t13?,15-,16+/m1/s1. The predicted octanol–water partition coefficient (Wildman–Crippen LogP) is 1.32. The number of para-hydroxylation sites is 2. The number of carbonyl (C=O) groups excluding carboxylic acids is 1. The van der Waals surface area contributed by atoms with Gasteiger partial charge in [-0.15, -0.1) is 0 Å². The van der Waals surface area contributed by atoms with Gasteiger partial charge in [0.2, 0.25) is 5.91 Å². The van der Waals surface area contributed by atoms with Gasteiger partial charge in [0.15, 0.2) is 11.5 Å². The highest BCUT2D eigenvalue weighted by molar-refractivity contribution is 5.80. The molecule has 1 aliphatic heterocycles. The lowest BCUT2D eigenvalue weighted by atomic mass is 9.90. The molecule has 1 saturated heterocycles. The average molecular weight is 358 g/mol. The molecule has 1 fully saturated rings. The van der Waals surface area contributed by atoms with E-state index in [4.69, 9.17) is 9.47 Å². The molecule has 2 N–H and O–H groups in total. The van der Waals surface area contributed by atoms with Gasteiger partial charge in [-0.1, -0.05) is 12.1 Å². The molecule has 2 heterocycles. The van der Waals surface area contributed by atoms with Crippen LogP contribution in [0, 0.1) is 5.92 Å². The Bertz CT molecular complexity index is 746. The van der Waals surface area contributed by atoms with E-state index < -0.39 is 0 Å². The first-order chi connectivity index (χ1) is 12.6. The number of carbonyl (C=O) groups is 1. The summed E-state index contributed by atoms with van der Waals surface area (Å²) in [6.45, 7) is 3.83. The number of benzene rings is 1. The second-order valence-electron chi connectivity index (χ2n) is 6.64. The number of aromatic nitrogens is 2. The van der Waals surface area contributed by atoms with Crippen molar-refractivity contribution in [1.29, 1.82) is 0 Å². The number of hydrogen-bond donors (Lipinski definition) is 2. The van der Waals surface area contributed by atoms with Crippen molar-refractivity contribution in [2.24, 2.45) is 13.0 Å². The fraction of sp³-hybridized carbons (Fsp3) is 0.474. The van der Waals surface area contributed by atoms with Crippen molar-refractivity contribution in [2.45, 2.75) is 18.9 Å². The van der Waals surface area contributed by atoms with Crippen LogP contribution < -0.4 is 20.1 Å². The summed E-state index contributed by atoms with van der Waals surface area (Å²) in [7, 11) is 3.50. The van der Waals surface area contributed by atoms with Gasteiger partial charge in [-0.25, -0.2) is 0 Å². The molecule has 0 bridgehead atoms. The topological polar surface area (TPSA) is 77.4 Å². The van der Waals surface area contributed by atoms with Crippen LogP contribution >= 0.6 is 0 Å². The largest absolute Gasteiger partial charge is 0.493 e. The highest BCUT2D eigenvalue weighted by atomic mass is 16.5. The van der Waals surface area contributed by atoms with Crippen molar-refractivity contribution in [3.8, 4) is 11.5 Å². The number of aryl methyl sites for hydroxylation is 1. The molecule has 1 aromatic heterocycles. The maximum absolute atomic E-state index is 12.7. The Hall–Kier alpha value is -2.54. The summed E-state index contributed by atoms with van der Waals surface area (Å²) in [4.78, 5) is 12.7. The fourth-order valence-corrected chi connectivity index (χ4v) is 3.29. The molecule has 2 aromatic rings. The van der Waals surface area contributed by atoms with E-state index >= 15 is 0 Å². The van der Waals surface area contributed by atoms with Crippen LogP contribution in [0.25, 0.3) is 0 Å². The minimum absolute atomic E-state index is 0.0410. The number of methoxy groups -OCH3 is 1. The Morgan fingerprint density at radius 2 is 2.15 bits per heavy atom. The summed E-state index contributed by atoms with van der Waals surface area (Å²) in [6.07, 6.45) is 3.65. The number of rotatable bonds is 7. The third-order valence-corrected chi connectivity index (χ3v) is 4.66. The molecule has 1 aromatic carbocycles. The van der Waals surface area contributed by atoms with Crippen LogP contribution in [0.2, 0.25) is 0 Å². The highest BCUT2D eigenvalue weighted by Gasteiger charge is 2.34. The molecule has 26 heavy (non-hydrogen) atoms. The van der Waals surface area contributed by atoms with Gasteiger partial charge in [0.05, 0.1) is 25.8 Å². The lowest BCUT2D eigenvalue weighted by Gasteiger charge is -2.20. The second kappa shape index (κ2) is 8.23. The number of hydrogen-bond acceptors (Lipinski definition) is 5. The van der Waals surface area contributed by atoms with Crippen molar-refractivity contribution in [2.75, 3.05) is 26.7 Å². The van der Waals surface area contributed by atoms with Crippen LogP contribution in [0.15, 0.2) is 36.7 Å². The summed E-state index contributed by atoms with van der Waals surface area (Å²) in [5, 5.41) is 10.5. The van der Waals surface area contributed by atoms with Crippen LogP contribution in [0.5, 0.6) is 11.5 Å². The molecular weight excluding hydrogens is 332 g/mol. The maximum atomic E-state index is 12.7. The summed E-state index contributed by atoms with van der Waals surface area (Å²) in [5.74, 6) is 1.45. The number of ether oxygens (including phenoxy) is 2. The van der Waals surface area contributed by atoms with Crippen molar-refractivity contribution in [1.82, 2.24) is 20.4 Å². The molecule has 3 rings (SSSR count). The number of amides is 1. The predicted molar refractivity (Wildman–Crippen MR) is 98.4 cm³/mol. The van der Waals surface area contributed by atoms with Crippen LogP contribution in [0.4, 0.5) is 0 Å². The van der Waals surface area contributed by atoms with Crippen molar-refractivity contribution < 1.29 is 14.3 Å². The quantitative estimate of drug-likeness (QED) is 0.780. The van der Waals surface area contributed by atoms with Gasteiger partial charge in [-0.05, 0) is 24.6 Å². The molecule has 7 heteroatoms. The van der Waals surface area contributed by atoms with E-state index in [2.05, 4.69) is 15.7 Å². The molecule has 0 saturated carbocycles. The SMILES string of the molecule is COc1ccccc1OC(C)CNC(=O)[C@H]1CNC[C@@H]1c1cnn(C)c1. The van der Waals surface area contributed by atoms with Gasteiger partial charge < -0.3 is 20.1 Å². The van der Waals surface area contributed by atoms with Gasteiger partial charge in [-0.3, -0.25) is 9.48 Å². The summed E-state index contributed by atoms with van der Waals surface area (Å²) in [6, 6.07) is 7.50. The third-order valence-electron chi connectivity index (χ3n) is 4.66. The summed E-state index contributed by atoms with van der Waals surface area (Å²) >= 11 is 0. The van der Waals surface area contributed by atoms with E-state index in [0.717, 1.165) is 12.1 Å². The van der Waals surface area contributed by atoms with E-state index in [9.17, 15) is 4.79 Å². The van der Waals surface area contributed by atoms with Crippen molar-refractivity contribution in [3.63, 3.8) is 0 Å². The van der Waals surface area contributed by atoms with E-state index in [1.807, 2.05) is 50.6 Å². The van der Waals surface area contributed by atoms with Gasteiger partial charge in [-0.2, -0.15) is 5.10 Å². The highest BCUT2D eigenvalue weighted by Crippen LogP contribution is 2.28. The second-order valence-corrected chi connectivity index (χ2v) is 6.64. The zero-order chi connectivity index (χ0) is 18.5. The Labute approximate surface area is 153 Å². The fourth-order valence-electron chi connectivity index (χ4n) is 3.29. The molecule has 0 aliphatic carbocycles. The lowest BCUT2D eigenvalue weighted by molar-refractivity contribution is -0.125. The van der Waals surface area contributed by atoms with Crippen molar-refractivity contribution in [3.05, 3.63) is 42.2 Å². The monoisotopic (exact) mass is 358 g/mol. The lowest BCUT2D eigenvalue weighted by Crippen LogP contribution is -2.39. The van der Waals surface area contributed by atoms with Crippen molar-refractivity contribution >= 4 is 5.91 Å². The molecular formula is C19H26N4O3. The van der Waals surface area contributed by atoms with Gasteiger partial charge in [0.1, 0.15) is 6.10 Å². The Morgan fingerprint density at radius 1 is 1.38 bits per heavy atom. The van der Waals surface area contributed by atoms with Gasteiger partial charge >= 0.3 is 0 Å². The number of nitrogens with zero attached hydrogens (tertiary/aromatic N) is 2. The molecule has 140 valence electrons. The Balaban J connectivity index is 1.54. The van der Waals surface area contributed by atoms with Gasteiger partial charge in [0.25, 0.3) is 0 Å². The van der Waals surface area contributed by atoms with E-state index in [-0.39, 0.29) is 23.8 Å². The zero-order valence-electron chi connectivity index (χ0n) is 15.4. The minimum atomic E-state index is -0.165. The summed E-state index contributed by atoms with van der Waals surface area (Å²) < 4.78 is 13.0. The molecule has 7 nitrogen and oxygen atoms in total. The first-order valence-electron chi connectivity index (χ1n) is 8.85. The van der Waals surface area contributed by atoms with Crippen LogP contribution in [0.1, 0.15) is 18.4 Å². The third kappa shape index (κ3) is 4.16. The van der Waals surface area contributed by atoms with Crippen LogP contribution in [-0.2, 0) is 11.8 Å². The van der Waals surface area contributed by atoms with E-state index in [1.54, 1.807) is 11.8 Å². The molecule has 1 aliphatic rings. The average Bonchev–Trinajstić information content (AvgIpc) is 3.29. The first-order valence-corrected chi connectivity index (χ1v) is 8.85. The normalized spacial score (nSPS) is 20.6. The first kappa shape index (κ1) is 18.3. The smallest absolute Gasteiger partial charge is 0.225 e. The van der Waals surface area contributed by atoms with E-state index in [1.165, 1.54) is 0 Å². The molecule has 0 spiro atoms. The van der Waals surface area contributed by atoms with Crippen LogP contribution in [-0.4, -0.2) is 48.5 Å². The molecule has 3 atom stereocenters. The molecule has 0 radical (unpaired) electrons.